The standard InChI is InChI=1S/C4H11NOS/c1-7-3-4(6)2-5/h4,6H,2-3,5H2,1H3/t4-/m1/s1. The molecule has 0 radical (unpaired) electrons. The molecule has 0 aliphatic heterocycles. The van der Waals surface area contributed by atoms with E-state index in [2.05, 4.69) is 0 Å². The zero-order chi connectivity index (χ0) is 5.70. The second-order valence-electron chi connectivity index (χ2n) is 1.34. The normalized spacial score (nSPS) is 14.1. The molecule has 0 rings (SSSR count). The number of rotatable bonds is 3. The molecular formula is C4H11NOS. The Balaban J connectivity index is 2.83. The van der Waals surface area contributed by atoms with Crippen LogP contribution in [0.4, 0.5) is 0 Å². The molecule has 0 bridgehead atoms. The summed E-state index contributed by atoms with van der Waals surface area (Å²) in [6.07, 6.45) is 1.63. The summed E-state index contributed by atoms with van der Waals surface area (Å²) in [5.74, 6) is 0.747. The molecule has 0 aliphatic rings. The Bertz CT molecular complexity index is 42.7. The molecule has 2 nitrogen and oxygen atoms in total. The number of aliphatic hydroxyl groups excluding tert-OH is 1. The van der Waals surface area contributed by atoms with Gasteiger partial charge in [-0.1, -0.05) is 0 Å². The molecule has 3 N–H and O–H groups in total. The highest BCUT2D eigenvalue weighted by molar-refractivity contribution is 7.98. The first-order valence-electron chi connectivity index (χ1n) is 2.18. The monoisotopic (exact) mass is 121 g/mol. The highest BCUT2D eigenvalue weighted by atomic mass is 32.2. The van der Waals surface area contributed by atoms with Gasteiger partial charge >= 0.3 is 0 Å². The van der Waals surface area contributed by atoms with Gasteiger partial charge in [-0.15, -0.1) is 0 Å². The van der Waals surface area contributed by atoms with E-state index in [1.807, 2.05) is 6.26 Å². The van der Waals surface area contributed by atoms with E-state index < -0.39 is 0 Å². The van der Waals surface area contributed by atoms with Gasteiger partial charge in [-0.3, -0.25) is 0 Å². The Kier molecular flexibility index (Phi) is 4.60. The molecule has 0 saturated carbocycles. The lowest BCUT2D eigenvalue weighted by Crippen LogP contribution is -2.21. The third kappa shape index (κ3) is 4.12. The van der Waals surface area contributed by atoms with Gasteiger partial charge in [0, 0.05) is 12.3 Å². The van der Waals surface area contributed by atoms with Crippen molar-refractivity contribution in [1.29, 1.82) is 0 Å². The first-order valence-corrected chi connectivity index (χ1v) is 3.57. The van der Waals surface area contributed by atoms with Crippen molar-refractivity contribution in [2.45, 2.75) is 6.10 Å². The quantitative estimate of drug-likeness (QED) is 0.537. The van der Waals surface area contributed by atoms with Crippen LogP contribution in [-0.4, -0.2) is 29.8 Å². The van der Waals surface area contributed by atoms with Crippen LogP contribution in [0.5, 0.6) is 0 Å². The molecule has 0 aliphatic carbocycles. The molecule has 7 heavy (non-hydrogen) atoms. The van der Waals surface area contributed by atoms with Crippen molar-refractivity contribution < 1.29 is 5.11 Å². The van der Waals surface area contributed by atoms with Crippen molar-refractivity contribution in [3.05, 3.63) is 0 Å². The van der Waals surface area contributed by atoms with Gasteiger partial charge in [0.2, 0.25) is 0 Å². The number of nitrogens with two attached hydrogens (primary N) is 1. The van der Waals surface area contributed by atoms with Gasteiger partial charge in [0.25, 0.3) is 0 Å². The van der Waals surface area contributed by atoms with Gasteiger partial charge in [-0.2, -0.15) is 11.8 Å². The Morgan fingerprint density at radius 3 is 2.57 bits per heavy atom. The van der Waals surface area contributed by atoms with E-state index in [1.165, 1.54) is 0 Å². The predicted octanol–water partition coefficient (Wildman–Crippen LogP) is -0.331. The minimum atomic E-state index is -0.310. The lowest BCUT2D eigenvalue weighted by Gasteiger charge is -2.01. The van der Waals surface area contributed by atoms with Crippen LogP contribution in [0.15, 0.2) is 0 Å². The van der Waals surface area contributed by atoms with Crippen LogP contribution < -0.4 is 5.73 Å². The maximum absolute atomic E-state index is 8.71. The lowest BCUT2D eigenvalue weighted by molar-refractivity contribution is 0.208. The molecule has 0 spiro atoms. The summed E-state index contributed by atoms with van der Waals surface area (Å²) >= 11 is 1.60. The fourth-order valence-corrected chi connectivity index (χ4v) is 0.781. The fourth-order valence-electron chi connectivity index (χ4n) is 0.260. The van der Waals surface area contributed by atoms with Gasteiger partial charge < -0.3 is 10.8 Å². The van der Waals surface area contributed by atoms with Crippen molar-refractivity contribution in [3.8, 4) is 0 Å². The van der Waals surface area contributed by atoms with E-state index in [0.717, 1.165) is 5.75 Å². The van der Waals surface area contributed by atoms with E-state index in [1.54, 1.807) is 11.8 Å². The first-order chi connectivity index (χ1) is 3.31. The van der Waals surface area contributed by atoms with Gasteiger partial charge in [-0.25, -0.2) is 0 Å². The van der Waals surface area contributed by atoms with Crippen molar-refractivity contribution in [1.82, 2.24) is 0 Å². The molecule has 0 aromatic rings. The van der Waals surface area contributed by atoms with Crippen LogP contribution in [0.2, 0.25) is 0 Å². The van der Waals surface area contributed by atoms with Crippen molar-refractivity contribution in [2.75, 3.05) is 18.6 Å². The number of hydrogen-bond acceptors (Lipinski definition) is 3. The summed E-state index contributed by atoms with van der Waals surface area (Å²) in [6, 6.07) is 0. The number of thioether (sulfide) groups is 1. The van der Waals surface area contributed by atoms with Crippen LogP contribution in [0, 0.1) is 0 Å². The van der Waals surface area contributed by atoms with Gasteiger partial charge in [-0.05, 0) is 6.26 Å². The lowest BCUT2D eigenvalue weighted by atomic mass is 10.4. The number of aliphatic hydroxyl groups is 1. The molecule has 0 unspecified atom stereocenters. The minimum absolute atomic E-state index is 0.310. The van der Waals surface area contributed by atoms with Gasteiger partial charge in [0.15, 0.2) is 0 Å². The zero-order valence-electron chi connectivity index (χ0n) is 4.42. The topological polar surface area (TPSA) is 46.2 Å². The van der Waals surface area contributed by atoms with Crippen molar-refractivity contribution in [3.63, 3.8) is 0 Å². The Hall–Kier alpha value is 0.270. The Morgan fingerprint density at radius 2 is 2.43 bits per heavy atom. The Labute approximate surface area is 48.1 Å². The molecule has 0 heterocycles. The average molecular weight is 121 g/mol. The molecule has 44 valence electrons. The maximum atomic E-state index is 8.71. The Morgan fingerprint density at radius 1 is 1.86 bits per heavy atom. The SMILES string of the molecule is CSC[C@H](O)CN. The van der Waals surface area contributed by atoms with Crippen LogP contribution >= 0.6 is 11.8 Å². The second-order valence-corrected chi connectivity index (χ2v) is 2.26. The summed E-state index contributed by atoms with van der Waals surface area (Å²) < 4.78 is 0. The minimum Gasteiger partial charge on any atom is -0.391 e. The van der Waals surface area contributed by atoms with Crippen molar-refractivity contribution in [2.24, 2.45) is 5.73 Å². The molecule has 0 aromatic carbocycles. The van der Waals surface area contributed by atoms with Crippen LogP contribution in [0.1, 0.15) is 0 Å². The van der Waals surface area contributed by atoms with Gasteiger partial charge in [0.05, 0.1) is 6.10 Å². The van der Waals surface area contributed by atoms with Crippen LogP contribution in [0.25, 0.3) is 0 Å². The third-order valence-corrected chi connectivity index (χ3v) is 1.35. The summed E-state index contributed by atoms with van der Waals surface area (Å²) in [6.45, 7) is 0.376. The fraction of sp³-hybridized carbons (Fsp3) is 1.00. The summed E-state index contributed by atoms with van der Waals surface area (Å²) in [5, 5.41) is 8.71. The summed E-state index contributed by atoms with van der Waals surface area (Å²) in [7, 11) is 0. The molecule has 3 heteroatoms. The highest BCUT2D eigenvalue weighted by Crippen LogP contribution is 1.93. The summed E-state index contributed by atoms with van der Waals surface area (Å²) in [4.78, 5) is 0. The average Bonchev–Trinajstić information content (AvgIpc) is 1.68. The van der Waals surface area contributed by atoms with E-state index >= 15 is 0 Å². The molecule has 0 amide bonds. The third-order valence-electron chi connectivity index (χ3n) is 0.631. The number of hydrogen-bond donors (Lipinski definition) is 2. The molecule has 0 fully saturated rings. The first kappa shape index (κ1) is 7.27. The van der Waals surface area contributed by atoms with Crippen LogP contribution in [0.3, 0.4) is 0 Å². The molecule has 1 atom stereocenters. The smallest absolute Gasteiger partial charge is 0.0752 e. The molecule has 0 saturated heterocycles. The summed E-state index contributed by atoms with van der Waals surface area (Å²) in [5.41, 5.74) is 5.09. The molecule has 0 aromatic heterocycles. The highest BCUT2D eigenvalue weighted by Gasteiger charge is 1.95. The maximum Gasteiger partial charge on any atom is 0.0752 e. The zero-order valence-corrected chi connectivity index (χ0v) is 5.24. The van der Waals surface area contributed by atoms with Crippen LogP contribution in [-0.2, 0) is 0 Å². The molecular weight excluding hydrogens is 110 g/mol. The van der Waals surface area contributed by atoms with Gasteiger partial charge in [0.1, 0.15) is 0 Å². The second kappa shape index (κ2) is 4.43. The van der Waals surface area contributed by atoms with E-state index in [-0.39, 0.29) is 6.10 Å². The van der Waals surface area contributed by atoms with Crippen molar-refractivity contribution >= 4 is 11.8 Å². The predicted molar refractivity (Wildman–Crippen MR) is 33.4 cm³/mol. The largest absolute Gasteiger partial charge is 0.391 e. The van der Waals surface area contributed by atoms with E-state index in [4.69, 9.17) is 10.8 Å². The van der Waals surface area contributed by atoms with E-state index in [9.17, 15) is 0 Å². The van der Waals surface area contributed by atoms with E-state index in [0.29, 0.717) is 6.54 Å².